The Balaban J connectivity index is 1.35. The Morgan fingerprint density at radius 3 is 2.86 bits per heavy atom. The van der Waals surface area contributed by atoms with Crippen LogP contribution in [-0.4, -0.2) is 27.6 Å². The summed E-state index contributed by atoms with van der Waals surface area (Å²) in [6.07, 6.45) is 2.99. The van der Waals surface area contributed by atoms with Gasteiger partial charge < -0.3 is 14.8 Å². The number of fused-ring (bicyclic) bond motifs is 1. The minimum absolute atomic E-state index is 0.0130. The highest BCUT2D eigenvalue weighted by Crippen LogP contribution is 2.22. The van der Waals surface area contributed by atoms with Crippen LogP contribution in [0.5, 0.6) is 0 Å². The van der Waals surface area contributed by atoms with Gasteiger partial charge in [-0.05, 0) is 47.9 Å². The smallest absolute Gasteiger partial charge is 0.292 e. The van der Waals surface area contributed by atoms with Gasteiger partial charge in [-0.25, -0.2) is 0 Å². The normalized spacial score (nSPS) is 11.1. The molecule has 4 aromatic rings. The molecule has 28 heavy (non-hydrogen) atoms. The summed E-state index contributed by atoms with van der Waals surface area (Å²) in [6.45, 7) is 0.441. The molecule has 0 aliphatic rings. The van der Waals surface area contributed by atoms with E-state index >= 15 is 0 Å². The largest absolute Gasteiger partial charge is 0.361 e. The van der Waals surface area contributed by atoms with Crippen LogP contribution in [0.4, 0.5) is 0 Å². The Bertz CT molecular complexity index is 1140. The van der Waals surface area contributed by atoms with E-state index in [0.717, 1.165) is 22.0 Å². The number of nitrogens with one attached hydrogen (secondary N) is 2. The van der Waals surface area contributed by atoms with Crippen LogP contribution >= 0.6 is 23.2 Å². The maximum Gasteiger partial charge on any atom is 0.292 e. The molecule has 1 amide bonds. The lowest BCUT2D eigenvalue weighted by molar-refractivity contribution is 0.0941. The molecule has 0 spiro atoms. The third-order valence-corrected chi connectivity index (χ3v) is 4.80. The van der Waals surface area contributed by atoms with Crippen molar-refractivity contribution in [1.82, 2.24) is 20.4 Å². The molecule has 142 valence electrons. The molecular formula is C20H16Cl2N4O2. The monoisotopic (exact) mass is 414 g/mol. The summed E-state index contributed by atoms with van der Waals surface area (Å²) in [4.78, 5) is 19.6. The van der Waals surface area contributed by atoms with E-state index in [1.165, 1.54) is 0 Å². The molecule has 2 heterocycles. The minimum atomic E-state index is -0.376. The van der Waals surface area contributed by atoms with Crippen LogP contribution in [-0.2, 0) is 12.8 Å². The van der Waals surface area contributed by atoms with Crippen molar-refractivity contribution in [3.05, 3.63) is 81.5 Å². The maximum atomic E-state index is 12.3. The summed E-state index contributed by atoms with van der Waals surface area (Å²) < 4.78 is 5.17. The first-order chi connectivity index (χ1) is 13.6. The summed E-state index contributed by atoms with van der Waals surface area (Å²) >= 11 is 12.0. The van der Waals surface area contributed by atoms with E-state index in [2.05, 4.69) is 20.4 Å². The average molecular weight is 415 g/mol. The molecule has 0 unspecified atom stereocenters. The zero-order valence-corrected chi connectivity index (χ0v) is 16.2. The number of H-pyrrole nitrogens is 1. The number of carbonyl (C=O) groups is 1. The number of aromatic amines is 1. The van der Waals surface area contributed by atoms with Gasteiger partial charge in [0.15, 0.2) is 0 Å². The fourth-order valence-electron chi connectivity index (χ4n) is 2.99. The van der Waals surface area contributed by atoms with E-state index in [4.69, 9.17) is 27.7 Å². The quantitative estimate of drug-likeness (QED) is 0.488. The first-order valence-corrected chi connectivity index (χ1v) is 9.45. The Hall–Kier alpha value is -2.83. The second-order valence-electron chi connectivity index (χ2n) is 6.33. The molecule has 8 heteroatoms. The molecule has 0 bridgehead atoms. The van der Waals surface area contributed by atoms with Crippen molar-refractivity contribution in [2.24, 2.45) is 0 Å². The number of benzene rings is 2. The van der Waals surface area contributed by atoms with Gasteiger partial charge in [-0.2, -0.15) is 4.98 Å². The van der Waals surface area contributed by atoms with Crippen molar-refractivity contribution in [2.75, 3.05) is 6.54 Å². The lowest BCUT2D eigenvalue weighted by atomic mass is 10.1. The first-order valence-electron chi connectivity index (χ1n) is 8.69. The van der Waals surface area contributed by atoms with E-state index in [0.29, 0.717) is 35.3 Å². The Kier molecular flexibility index (Phi) is 5.32. The summed E-state index contributed by atoms with van der Waals surface area (Å²) in [5, 5.41) is 8.92. The van der Waals surface area contributed by atoms with Crippen LogP contribution in [0.2, 0.25) is 10.0 Å². The topological polar surface area (TPSA) is 83.8 Å². The number of halogens is 2. The molecule has 2 aromatic heterocycles. The Labute approximate surface area is 170 Å². The van der Waals surface area contributed by atoms with Gasteiger partial charge in [-0.15, -0.1) is 0 Å². The number of hydrogen-bond donors (Lipinski definition) is 2. The predicted octanol–water partition coefficient (Wildman–Crippen LogP) is 4.42. The second-order valence-corrected chi connectivity index (χ2v) is 7.20. The number of nitrogens with zero attached hydrogens (tertiary/aromatic N) is 2. The minimum Gasteiger partial charge on any atom is -0.361 e. The van der Waals surface area contributed by atoms with E-state index in [1.54, 1.807) is 6.07 Å². The van der Waals surface area contributed by atoms with Gasteiger partial charge in [0.25, 0.3) is 11.7 Å². The standard InChI is InChI=1S/C20H16Cl2N4O2/c21-14-3-1-2-12(8-14)9-18-25-19(26-28-18)20(27)23-7-6-13-11-24-17-5-4-15(22)10-16(13)17/h1-5,8,10-11,24H,6-7,9H2,(H,23,27). The van der Waals surface area contributed by atoms with Gasteiger partial charge in [-0.1, -0.05) is 40.5 Å². The molecule has 4 rings (SSSR count). The molecule has 0 aliphatic carbocycles. The number of carbonyl (C=O) groups excluding carboxylic acids is 1. The van der Waals surface area contributed by atoms with E-state index < -0.39 is 0 Å². The third kappa shape index (κ3) is 4.18. The van der Waals surface area contributed by atoms with Crippen LogP contribution in [0.15, 0.2) is 53.2 Å². The van der Waals surface area contributed by atoms with Gasteiger partial charge in [0.1, 0.15) is 0 Å². The SMILES string of the molecule is O=C(NCCc1c[nH]c2ccc(Cl)cc12)c1noc(Cc2cccc(Cl)c2)n1. The average Bonchev–Trinajstić information content (AvgIpc) is 3.29. The zero-order chi connectivity index (χ0) is 19.5. The van der Waals surface area contributed by atoms with Crippen molar-refractivity contribution in [3.63, 3.8) is 0 Å². The highest BCUT2D eigenvalue weighted by molar-refractivity contribution is 6.31. The van der Waals surface area contributed by atoms with Crippen molar-refractivity contribution in [2.45, 2.75) is 12.8 Å². The number of hydrogen-bond acceptors (Lipinski definition) is 4. The first kappa shape index (κ1) is 18.5. The van der Waals surface area contributed by atoms with E-state index in [1.807, 2.05) is 42.6 Å². The molecule has 6 nitrogen and oxygen atoms in total. The fraction of sp³-hybridized carbons (Fsp3) is 0.150. The van der Waals surface area contributed by atoms with Gasteiger partial charge in [0.2, 0.25) is 5.89 Å². The fourth-order valence-corrected chi connectivity index (χ4v) is 3.37. The molecule has 0 saturated heterocycles. The molecule has 0 fully saturated rings. The van der Waals surface area contributed by atoms with Crippen molar-refractivity contribution in [1.29, 1.82) is 0 Å². The molecule has 0 aliphatic heterocycles. The van der Waals surface area contributed by atoms with Crippen molar-refractivity contribution >= 4 is 40.0 Å². The summed E-state index contributed by atoms with van der Waals surface area (Å²) in [5.74, 6) is -0.00310. The van der Waals surface area contributed by atoms with Crippen LogP contribution in [0.1, 0.15) is 27.6 Å². The highest BCUT2D eigenvalue weighted by Gasteiger charge is 2.15. The summed E-state index contributed by atoms with van der Waals surface area (Å²) in [7, 11) is 0. The second kappa shape index (κ2) is 8.04. The van der Waals surface area contributed by atoms with Crippen molar-refractivity contribution in [3.8, 4) is 0 Å². The van der Waals surface area contributed by atoms with Crippen LogP contribution in [0.25, 0.3) is 10.9 Å². The number of aromatic nitrogens is 3. The lowest BCUT2D eigenvalue weighted by Crippen LogP contribution is -2.26. The number of amides is 1. The summed E-state index contributed by atoms with van der Waals surface area (Å²) in [5.41, 5.74) is 3.02. The highest BCUT2D eigenvalue weighted by atomic mass is 35.5. The van der Waals surface area contributed by atoms with Gasteiger partial charge in [0.05, 0.1) is 6.42 Å². The van der Waals surface area contributed by atoms with Crippen LogP contribution in [0.3, 0.4) is 0 Å². The predicted molar refractivity (Wildman–Crippen MR) is 108 cm³/mol. The maximum absolute atomic E-state index is 12.3. The zero-order valence-electron chi connectivity index (χ0n) is 14.7. The number of rotatable bonds is 6. The summed E-state index contributed by atoms with van der Waals surface area (Å²) in [6, 6.07) is 13.0. The molecule has 0 radical (unpaired) electrons. The molecule has 2 N–H and O–H groups in total. The molecule has 0 atom stereocenters. The Morgan fingerprint density at radius 1 is 1.14 bits per heavy atom. The van der Waals surface area contributed by atoms with E-state index in [-0.39, 0.29) is 11.7 Å². The van der Waals surface area contributed by atoms with Gasteiger partial charge in [-0.3, -0.25) is 4.79 Å². The Morgan fingerprint density at radius 2 is 2.00 bits per heavy atom. The van der Waals surface area contributed by atoms with Crippen LogP contribution in [0, 0.1) is 0 Å². The van der Waals surface area contributed by atoms with Gasteiger partial charge >= 0.3 is 0 Å². The lowest BCUT2D eigenvalue weighted by Gasteiger charge is -2.02. The van der Waals surface area contributed by atoms with Gasteiger partial charge in [0, 0.05) is 33.7 Å². The third-order valence-electron chi connectivity index (χ3n) is 4.32. The van der Waals surface area contributed by atoms with Crippen molar-refractivity contribution < 1.29 is 9.32 Å². The van der Waals surface area contributed by atoms with E-state index in [9.17, 15) is 4.79 Å². The molecular weight excluding hydrogens is 399 g/mol. The molecule has 0 saturated carbocycles. The van der Waals surface area contributed by atoms with Crippen LogP contribution < -0.4 is 5.32 Å². The molecule has 2 aromatic carbocycles.